The summed E-state index contributed by atoms with van der Waals surface area (Å²) in [6.07, 6.45) is 7.03. The van der Waals surface area contributed by atoms with Gasteiger partial charge in [-0.3, -0.25) is 4.79 Å². The summed E-state index contributed by atoms with van der Waals surface area (Å²) in [6, 6.07) is 0. The summed E-state index contributed by atoms with van der Waals surface area (Å²) in [5, 5.41) is 3.05. The van der Waals surface area contributed by atoms with Crippen LogP contribution in [0.25, 0.3) is 0 Å². The van der Waals surface area contributed by atoms with Crippen molar-refractivity contribution in [3.8, 4) is 0 Å². The van der Waals surface area contributed by atoms with Crippen molar-refractivity contribution < 1.29 is 4.79 Å². The van der Waals surface area contributed by atoms with Crippen molar-refractivity contribution in [1.29, 1.82) is 0 Å². The molecule has 1 aliphatic heterocycles. The SMILES string of the molecule is O=C1C=CC2=CNCC2=C1. The number of ketones is 1. The second-order valence-electron chi connectivity index (χ2n) is 2.39. The fourth-order valence-corrected chi connectivity index (χ4v) is 1.15. The molecule has 10 heavy (non-hydrogen) atoms. The molecule has 2 rings (SSSR count). The van der Waals surface area contributed by atoms with Gasteiger partial charge in [-0.25, -0.2) is 0 Å². The molecule has 0 radical (unpaired) electrons. The summed E-state index contributed by atoms with van der Waals surface area (Å²) in [7, 11) is 0. The Hall–Kier alpha value is -1.31. The fourth-order valence-electron chi connectivity index (χ4n) is 1.15. The molecule has 0 unspecified atom stereocenters. The molecule has 1 aliphatic carbocycles. The highest BCUT2D eigenvalue weighted by atomic mass is 16.1. The Kier molecular flexibility index (Phi) is 1.01. The molecule has 0 aromatic rings. The molecule has 0 spiro atoms. The third-order valence-electron chi connectivity index (χ3n) is 1.66. The Morgan fingerprint density at radius 1 is 1.40 bits per heavy atom. The normalized spacial score (nSPS) is 21.4. The average molecular weight is 133 g/mol. The van der Waals surface area contributed by atoms with Gasteiger partial charge in [0.25, 0.3) is 0 Å². The molecule has 2 nitrogen and oxygen atoms in total. The first-order valence-corrected chi connectivity index (χ1v) is 3.23. The fraction of sp³-hybridized carbons (Fsp3) is 0.125. The quantitative estimate of drug-likeness (QED) is 0.522. The Morgan fingerprint density at radius 3 is 3.20 bits per heavy atom. The molecule has 0 saturated carbocycles. The number of hydrogen-bond donors (Lipinski definition) is 1. The molecule has 0 atom stereocenters. The first-order valence-electron chi connectivity index (χ1n) is 3.23. The highest BCUT2D eigenvalue weighted by molar-refractivity contribution is 6.02. The molecule has 0 fully saturated rings. The van der Waals surface area contributed by atoms with E-state index in [2.05, 4.69) is 5.32 Å². The van der Waals surface area contributed by atoms with E-state index >= 15 is 0 Å². The van der Waals surface area contributed by atoms with Gasteiger partial charge in [0.1, 0.15) is 0 Å². The minimum Gasteiger partial charge on any atom is -0.386 e. The van der Waals surface area contributed by atoms with Crippen LogP contribution >= 0.6 is 0 Å². The van der Waals surface area contributed by atoms with Crippen molar-refractivity contribution in [2.45, 2.75) is 0 Å². The van der Waals surface area contributed by atoms with Crippen molar-refractivity contribution in [2.24, 2.45) is 0 Å². The molecule has 0 aromatic heterocycles. The van der Waals surface area contributed by atoms with E-state index in [1.807, 2.05) is 12.3 Å². The monoisotopic (exact) mass is 133 g/mol. The molecule has 1 N–H and O–H groups in total. The minimum absolute atomic E-state index is 0.0934. The highest BCUT2D eigenvalue weighted by Crippen LogP contribution is 2.18. The average Bonchev–Trinajstić information content (AvgIpc) is 2.33. The molecule has 0 bridgehead atoms. The summed E-state index contributed by atoms with van der Waals surface area (Å²) in [6.45, 7) is 0.797. The number of nitrogens with one attached hydrogen (secondary N) is 1. The second-order valence-corrected chi connectivity index (χ2v) is 2.39. The molecule has 2 aliphatic rings. The number of fused-ring (bicyclic) bond motifs is 1. The lowest BCUT2D eigenvalue weighted by Gasteiger charge is -2.01. The Morgan fingerprint density at radius 2 is 2.30 bits per heavy atom. The van der Waals surface area contributed by atoms with Crippen molar-refractivity contribution in [3.63, 3.8) is 0 Å². The van der Waals surface area contributed by atoms with Crippen LogP contribution in [0.1, 0.15) is 0 Å². The smallest absolute Gasteiger partial charge is 0.179 e. The second kappa shape index (κ2) is 1.84. The Balaban J connectivity index is 2.43. The topological polar surface area (TPSA) is 29.1 Å². The van der Waals surface area contributed by atoms with E-state index in [1.165, 1.54) is 0 Å². The molecule has 0 saturated heterocycles. The third-order valence-corrected chi connectivity index (χ3v) is 1.66. The summed E-state index contributed by atoms with van der Waals surface area (Å²) in [4.78, 5) is 10.8. The summed E-state index contributed by atoms with van der Waals surface area (Å²) >= 11 is 0. The lowest BCUT2D eigenvalue weighted by Crippen LogP contribution is -2.03. The molecular weight excluding hydrogens is 126 g/mol. The third kappa shape index (κ3) is 0.692. The van der Waals surface area contributed by atoms with Gasteiger partial charge in [0.15, 0.2) is 5.78 Å². The van der Waals surface area contributed by atoms with Crippen LogP contribution in [-0.2, 0) is 4.79 Å². The van der Waals surface area contributed by atoms with Gasteiger partial charge in [-0.15, -0.1) is 0 Å². The summed E-state index contributed by atoms with van der Waals surface area (Å²) < 4.78 is 0. The lowest BCUT2D eigenvalue weighted by molar-refractivity contribution is -0.110. The van der Waals surface area contributed by atoms with E-state index in [0.29, 0.717) is 0 Å². The van der Waals surface area contributed by atoms with Gasteiger partial charge in [0.2, 0.25) is 0 Å². The maximum absolute atomic E-state index is 10.8. The van der Waals surface area contributed by atoms with Crippen LogP contribution < -0.4 is 5.32 Å². The van der Waals surface area contributed by atoms with E-state index in [4.69, 9.17) is 0 Å². The van der Waals surface area contributed by atoms with Crippen molar-refractivity contribution in [1.82, 2.24) is 5.32 Å². The summed E-state index contributed by atoms with van der Waals surface area (Å²) in [5.74, 6) is 0.0934. The number of carbonyl (C=O) groups is 1. The van der Waals surface area contributed by atoms with Crippen LogP contribution in [0, 0.1) is 0 Å². The van der Waals surface area contributed by atoms with Crippen LogP contribution in [0.4, 0.5) is 0 Å². The van der Waals surface area contributed by atoms with Crippen LogP contribution in [0.2, 0.25) is 0 Å². The molecule has 2 heteroatoms. The number of hydrogen-bond acceptors (Lipinski definition) is 2. The number of carbonyl (C=O) groups excluding carboxylic acids is 1. The van der Waals surface area contributed by atoms with Crippen LogP contribution in [0.5, 0.6) is 0 Å². The maximum Gasteiger partial charge on any atom is 0.179 e. The first kappa shape index (κ1) is 5.47. The van der Waals surface area contributed by atoms with E-state index in [9.17, 15) is 4.79 Å². The van der Waals surface area contributed by atoms with E-state index in [1.54, 1.807) is 12.2 Å². The van der Waals surface area contributed by atoms with Crippen molar-refractivity contribution >= 4 is 5.78 Å². The van der Waals surface area contributed by atoms with Gasteiger partial charge in [-0.1, -0.05) is 0 Å². The minimum atomic E-state index is 0.0934. The van der Waals surface area contributed by atoms with Crippen LogP contribution in [0.15, 0.2) is 35.6 Å². The van der Waals surface area contributed by atoms with Crippen molar-refractivity contribution in [2.75, 3.05) is 6.54 Å². The van der Waals surface area contributed by atoms with E-state index < -0.39 is 0 Å². The molecule has 0 amide bonds. The number of allylic oxidation sites excluding steroid dienone is 3. The lowest BCUT2D eigenvalue weighted by atomic mass is 10.0. The Labute approximate surface area is 58.9 Å². The largest absolute Gasteiger partial charge is 0.386 e. The number of rotatable bonds is 0. The van der Waals surface area contributed by atoms with Gasteiger partial charge >= 0.3 is 0 Å². The van der Waals surface area contributed by atoms with Gasteiger partial charge in [0.05, 0.1) is 0 Å². The van der Waals surface area contributed by atoms with Crippen LogP contribution in [0.3, 0.4) is 0 Å². The molecular formula is C8H7NO. The Bertz CT molecular complexity index is 271. The maximum atomic E-state index is 10.8. The zero-order chi connectivity index (χ0) is 6.97. The van der Waals surface area contributed by atoms with E-state index in [-0.39, 0.29) is 5.78 Å². The predicted molar refractivity (Wildman–Crippen MR) is 38.3 cm³/mol. The standard InChI is InChI=1S/C8H7NO/c10-8-2-1-6-4-9-5-7(6)3-8/h1-4,9H,5H2. The van der Waals surface area contributed by atoms with Gasteiger partial charge in [-0.2, -0.15) is 0 Å². The molecule has 0 aromatic carbocycles. The van der Waals surface area contributed by atoms with Crippen LogP contribution in [-0.4, -0.2) is 12.3 Å². The zero-order valence-corrected chi connectivity index (χ0v) is 5.42. The first-order chi connectivity index (χ1) is 4.86. The zero-order valence-electron chi connectivity index (χ0n) is 5.42. The van der Waals surface area contributed by atoms with Gasteiger partial charge in [0, 0.05) is 12.7 Å². The van der Waals surface area contributed by atoms with Crippen molar-refractivity contribution in [3.05, 3.63) is 35.6 Å². The molecule has 1 heterocycles. The van der Waals surface area contributed by atoms with Gasteiger partial charge < -0.3 is 5.32 Å². The predicted octanol–water partition coefficient (Wildman–Crippen LogP) is 0.539. The summed E-state index contributed by atoms with van der Waals surface area (Å²) in [5.41, 5.74) is 2.24. The molecule has 50 valence electrons. The highest BCUT2D eigenvalue weighted by Gasteiger charge is 2.12. The van der Waals surface area contributed by atoms with Gasteiger partial charge in [-0.05, 0) is 29.4 Å². The van der Waals surface area contributed by atoms with E-state index in [0.717, 1.165) is 17.7 Å².